The van der Waals surface area contributed by atoms with Crippen LogP contribution in [-0.4, -0.2) is 9.97 Å². The van der Waals surface area contributed by atoms with Crippen molar-refractivity contribution in [2.45, 2.75) is 26.3 Å². The Morgan fingerprint density at radius 1 is 1.12 bits per heavy atom. The molecule has 0 bridgehead atoms. The van der Waals surface area contributed by atoms with Gasteiger partial charge in [-0.3, -0.25) is 4.98 Å². The quantitative estimate of drug-likeness (QED) is 0.871. The third-order valence-electron chi connectivity index (χ3n) is 2.68. The molecular weight excluding hydrogens is 210 g/mol. The normalized spacial score (nSPS) is 10.5. The van der Waals surface area contributed by atoms with Crippen LogP contribution in [0.4, 0.5) is 5.82 Å². The van der Waals surface area contributed by atoms with Gasteiger partial charge in [0.15, 0.2) is 0 Å². The summed E-state index contributed by atoms with van der Waals surface area (Å²) < 4.78 is 0. The Bertz CT molecular complexity index is 449. The Kier molecular flexibility index (Phi) is 3.70. The van der Waals surface area contributed by atoms with E-state index in [1.54, 1.807) is 18.6 Å². The largest absolute Gasteiger partial charge is 0.365 e. The summed E-state index contributed by atoms with van der Waals surface area (Å²) in [4.78, 5) is 8.18. The third kappa shape index (κ3) is 3.28. The lowest BCUT2D eigenvalue weighted by Crippen LogP contribution is -2.01. The molecule has 88 valence electrons. The number of nitrogens with zero attached hydrogens (tertiary/aromatic N) is 2. The van der Waals surface area contributed by atoms with Crippen molar-refractivity contribution in [3.8, 4) is 0 Å². The lowest BCUT2D eigenvalue weighted by molar-refractivity contribution is 0.865. The maximum Gasteiger partial charge on any atom is 0.144 e. The van der Waals surface area contributed by atoms with Crippen molar-refractivity contribution in [1.29, 1.82) is 0 Å². The molecule has 1 heterocycles. The lowest BCUT2D eigenvalue weighted by atomic mass is 10.0. The van der Waals surface area contributed by atoms with Gasteiger partial charge in [-0.25, -0.2) is 4.98 Å². The van der Waals surface area contributed by atoms with E-state index in [4.69, 9.17) is 0 Å². The molecule has 2 rings (SSSR count). The summed E-state index contributed by atoms with van der Waals surface area (Å²) in [7, 11) is 0. The van der Waals surface area contributed by atoms with Crippen LogP contribution >= 0.6 is 0 Å². The minimum absolute atomic E-state index is 0.581. The summed E-state index contributed by atoms with van der Waals surface area (Å²) in [5, 5.41) is 3.24. The molecular formula is C14H17N3. The topological polar surface area (TPSA) is 37.8 Å². The summed E-state index contributed by atoms with van der Waals surface area (Å²) in [6, 6.07) is 8.66. The molecule has 3 nitrogen and oxygen atoms in total. The summed E-state index contributed by atoms with van der Waals surface area (Å²) in [5.41, 5.74) is 2.62. The van der Waals surface area contributed by atoms with E-state index in [1.807, 2.05) is 0 Å². The molecule has 17 heavy (non-hydrogen) atoms. The molecule has 1 aromatic carbocycles. The molecule has 2 aromatic rings. The van der Waals surface area contributed by atoms with Crippen LogP contribution in [0.25, 0.3) is 0 Å². The first kappa shape index (κ1) is 11.6. The highest BCUT2D eigenvalue weighted by atomic mass is 15.0. The van der Waals surface area contributed by atoms with Crippen LogP contribution in [0.5, 0.6) is 0 Å². The highest BCUT2D eigenvalue weighted by molar-refractivity contribution is 5.33. The second-order valence-corrected chi connectivity index (χ2v) is 4.34. The Hall–Kier alpha value is -1.90. The molecule has 0 unspecified atom stereocenters. The predicted octanol–water partition coefficient (Wildman–Crippen LogP) is 3.21. The maximum atomic E-state index is 4.17. The summed E-state index contributed by atoms with van der Waals surface area (Å²) in [5.74, 6) is 1.39. The fraction of sp³-hybridized carbons (Fsp3) is 0.286. The van der Waals surface area contributed by atoms with Crippen LogP contribution in [0.3, 0.4) is 0 Å². The van der Waals surface area contributed by atoms with Crippen LogP contribution < -0.4 is 5.32 Å². The van der Waals surface area contributed by atoms with Crippen molar-refractivity contribution in [2.75, 3.05) is 5.32 Å². The minimum Gasteiger partial charge on any atom is -0.365 e. The van der Waals surface area contributed by atoms with E-state index in [-0.39, 0.29) is 0 Å². The first-order valence-corrected chi connectivity index (χ1v) is 5.84. The number of aromatic nitrogens is 2. The second kappa shape index (κ2) is 5.43. The average Bonchev–Trinajstić information content (AvgIpc) is 2.38. The molecule has 0 spiro atoms. The van der Waals surface area contributed by atoms with Crippen LogP contribution in [0.1, 0.15) is 30.9 Å². The van der Waals surface area contributed by atoms with E-state index < -0.39 is 0 Å². The summed E-state index contributed by atoms with van der Waals surface area (Å²) >= 11 is 0. The molecule has 0 amide bonds. The molecule has 0 atom stereocenters. The number of rotatable bonds is 4. The molecule has 3 heteroatoms. The van der Waals surface area contributed by atoms with Gasteiger partial charge in [0.2, 0.25) is 0 Å². The van der Waals surface area contributed by atoms with Gasteiger partial charge in [-0.2, -0.15) is 0 Å². The van der Waals surface area contributed by atoms with E-state index >= 15 is 0 Å². The molecule has 0 aliphatic heterocycles. The van der Waals surface area contributed by atoms with Gasteiger partial charge in [0.05, 0.1) is 6.20 Å². The molecule has 0 saturated carbocycles. The summed E-state index contributed by atoms with van der Waals surface area (Å²) in [6.45, 7) is 5.18. The van der Waals surface area contributed by atoms with Crippen molar-refractivity contribution >= 4 is 5.82 Å². The molecule has 0 aliphatic rings. The average molecular weight is 227 g/mol. The maximum absolute atomic E-state index is 4.17. The van der Waals surface area contributed by atoms with Gasteiger partial charge in [-0.1, -0.05) is 38.1 Å². The van der Waals surface area contributed by atoms with Gasteiger partial charge in [0, 0.05) is 18.9 Å². The van der Waals surface area contributed by atoms with Crippen molar-refractivity contribution in [3.63, 3.8) is 0 Å². The Morgan fingerprint density at radius 3 is 2.47 bits per heavy atom. The molecule has 0 radical (unpaired) electrons. The number of hydrogen-bond donors (Lipinski definition) is 1. The van der Waals surface area contributed by atoms with Crippen LogP contribution in [0, 0.1) is 0 Å². The molecule has 0 saturated heterocycles. The molecule has 0 fully saturated rings. The lowest BCUT2D eigenvalue weighted by Gasteiger charge is -2.08. The standard InChI is InChI=1S/C14H17N3/c1-11(2)13-5-3-12(4-6-13)9-17-14-10-15-7-8-16-14/h3-8,10-11H,9H2,1-2H3,(H,16,17). The Balaban J connectivity index is 1.96. The van der Waals surface area contributed by atoms with E-state index in [0.717, 1.165) is 12.4 Å². The molecule has 1 aromatic heterocycles. The van der Waals surface area contributed by atoms with Gasteiger partial charge in [-0.05, 0) is 17.0 Å². The van der Waals surface area contributed by atoms with Crippen molar-refractivity contribution in [2.24, 2.45) is 0 Å². The SMILES string of the molecule is CC(C)c1ccc(CNc2cnccn2)cc1. The zero-order chi connectivity index (χ0) is 12.1. The number of hydrogen-bond acceptors (Lipinski definition) is 3. The van der Waals surface area contributed by atoms with Crippen molar-refractivity contribution < 1.29 is 0 Å². The van der Waals surface area contributed by atoms with Gasteiger partial charge in [0.25, 0.3) is 0 Å². The minimum atomic E-state index is 0.581. The van der Waals surface area contributed by atoms with Gasteiger partial charge in [0.1, 0.15) is 5.82 Å². The first-order chi connectivity index (χ1) is 8.25. The first-order valence-electron chi connectivity index (χ1n) is 5.84. The molecule has 1 N–H and O–H groups in total. The summed E-state index contributed by atoms with van der Waals surface area (Å²) in [6.07, 6.45) is 5.08. The van der Waals surface area contributed by atoms with Crippen LogP contribution in [0.15, 0.2) is 42.9 Å². The van der Waals surface area contributed by atoms with E-state index in [0.29, 0.717) is 5.92 Å². The van der Waals surface area contributed by atoms with Crippen molar-refractivity contribution in [3.05, 3.63) is 54.0 Å². The number of nitrogens with one attached hydrogen (secondary N) is 1. The van der Waals surface area contributed by atoms with E-state index in [1.165, 1.54) is 11.1 Å². The Morgan fingerprint density at radius 2 is 1.88 bits per heavy atom. The van der Waals surface area contributed by atoms with Gasteiger partial charge in [-0.15, -0.1) is 0 Å². The van der Waals surface area contributed by atoms with Crippen molar-refractivity contribution in [1.82, 2.24) is 9.97 Å². The highest BCUT2D eigenvalue weighted by Crippen LogP contribution is 2.15. The van der Waals surface area contributed by atoms with E-state index in [9.17, 15) is 0 Å². The zero-order valence-electron chi connectivity index (χ0n) is 10.2. The predicted molar refractivity (Wildman–Crippen MR) is 69.9 cm³/mol. The zero-order valence-corrected chi connectivity index (χ0v) is 10.2. The number of anilines is 1. The fourth-order valence-corrected chi connectivity index (χ4v) is 1.60. The Labute approximate surface area is 102 Å². The monoisotopic (exact) mass is 227 g/mol. The second-order valence-electron chi connectivity index (χ2n) is 4.34. The van der Waals surface area contributed by atoms with Gasteiger partial charge < -0.3 is 5.32 Å². The van der Waals surface area contributed by atoms with Crippen LogP contribution in [-0.2, 0) is 6.54 Å². The third-order valence-corrected chi connectivity index (χ3v) is 2.68. The van der Waals surface area contributed by atoms with Gasteiger partial charge >= 0.3 is 0 Å². The van der Waals surface area contributed by atoms with E-state index in [2.05, 4.69) is 53.4 Å². The smallest absolute Gasteiger partial charge is 0.144 e. The van der Waals surface area contributed by atoms with Crippen LogP contribution in [0.2, 0.25) is 0 Å². The highest BCUT2D eigenvalue weighted by Gasteiger charge is 1.99. The molecule has 0 aliphatic carbocycles. The fourth-order valence-electron chi connectivity index (χ4n) is 1.60. The number of benzene rings is 1.